The molecule has 1 N–H and O–H groups in total. The van der Waals surface area contributed by atoms with Crippen LogP contribution in [-0.2, 0) is 0 Å². The van der Waals surface area contributed by atoms with E-state index in [4.69, 9.17) is 9.15 Å². The number of aryl methyl sites for hydroxylation is 1. The molecule has 0 spiro atoms. The minimum absolute atomic E-state index is 0.205. The molecule has 0 aliphatic rings. The number of furan rings is 1. The number of ether oxygens (including phenoxy) is 1. The molecule has 1 atom stereocenters. The van der Waals surface area contributed by atoms with Crippen molar-refractivity contribution in [3.63, 3.8) is 0 Å². The second-order valence-corrected chi connectivity index (χ2v) is 5.79. The zero-order valence-corrected chi connectivity index (χ0v) is 14.3. The van der Waals surface area contributed by atoms with Gasteiger partial charge in [-0.15, -0.1) is 0 Å². The minimum Gasteiger partial charge on any atom is -0.497 e. The third kappa shape index (κ3) is 2.75. The highest BCUT2D eigenvalue weighted by molar-refractivity contribution is 6.06. The summed E-state index contributed by atoms with van der Waals surface area (Å²) < 4.78 is 12.8. The first-order valence-electron chi connectivity index (χ1n) is 7.97. The molecule has 2 aromatic heterocycles. The first kappa shape index (κ1) is 16.1. The smallest absolute Gasteiger partial charge is 0.292 e. The molecule has 1 amide bonds. The lowest BCUT2D eigenvalue weighted by molar-refractivity contribution is 0.0996. The van der Waals surface area contributed by atoms with Crippen LogP contribution in [-0.4, -0.2) is 22.8 Å². The summed E-state index contributed by atoms with van der Waals surface area (Å²) in [6.45, 7) is 6.00. The summed E-state index contributed by atoms with van der Waals surface area (Å²) >= 11 is 0. The Kier molecular flexibility index (Phi) is 4.29. The standard InChI is InChI=1S/C18H21N3O3/c1-5-11(2)21-16(8-9-19-21)20-18(22)17-12(3)14-10-13(23-4)6-7-15(14)24-17/h6-11H,5H2,1-4H3,(H,20,22). The number of amides is 1. The number of nitrogens with one attached hydrogen (secondary N) is 1. The molecule has 0 aliphatic heterocycles. The summed E-state index contributed by atoms with van der Waals surface area (Å²) in [6.07, 6.45) is 2.60. The molecule has 6 heteroatoms. The maximum atomic E-state index is 12.6. The first-order valence-corrected chi connectivity index (χ1v) is 7.97. The maximum absolute atomic E-state index is 12.6. The van der Waals surface area contributed by atoms with Gasteiger partial charge >= 0.3 is 0 Å². The van der Waals surface area contributed by atoms with E-state index in [1.807, 2.05) is 19.1 Å². The van der Waals surface area contributed by atoms with Crippen molar-refractivity contribution in [2.75, 3.05) is 12.4 Å². The number of nitrogens with zero attached hydrogens (tertiary/aromatic N) is 2. The van der Waals surface area contributed by atoms with Crippen molar-refractivity contribution >= 4 is 22.7 Å². The Morgan fingerprint density at radius 2 is 2.21 bits per heavy atom. The number of carbonyl (C=O) groups is 1. The van der Waals surface area contributed by atoms with Crippen molar-refractivity contribution in [2.45, 2.75) is 33.2 Å². The second kappa shape index (κ2) is 6.39. The van der Waals surface area contributed by atoms with Gasteiger partial charge < -0.3 is 14.5 Å². The van der Waals surface area contributed by atoms with E-state index >= 15 is 0 Å². The predicted octanol–water partition coefficient (Wildman–Crippen LogP) is 4.17. The van der Waals surface area contributed by atoms with Gasteiger partial charge in [0.15, 0.2) is 5.76 Å². The highest BCUT2D eigenvalue weighted by atomic mass is 16.5. The number of benzene rings is 1. The summed E-state index contributed by atoms with van der Waals surface area (Å²) in [6, 6.07) is 7.47. The van der Waals surface area contributed by atoms with Gasteiger partial charge in [0.05, 0.1) is 19.3 Å². The molecular formula is C18H21N3O3. The van der Waals surface area contributed by atoms with Gasteiger partial charge in [-0.25, -0.2) is 4.68 Å². The van der Waals surface area contributed by atoms with E-state index in [1.54, 1.807) is 30.1 Å². The summed E-state index contributed by atoms with van der Waals surface area (Å²) in [5.41, 5.74) is 1.45. The quantitative estimate of drug-likeness (QED) is 0.763. The Balaban J connectivity index is 1.92. The van der Waals surface area contributed by atoms with Crippen LogP contribution in [0.5, 0.6) is 5.75 Å². The number of fused-ring (bicyclic) bond motifs is 1. The van der Waals surface area contributed by atoms with Gasteiger partial charge in [0.1, 0.15) is 17.2 Å². The fraction of sp³-hybridized carbons (Fsp3) is 0.333. The predicted molar refractivity (Wildman–Crippen MR) is 92.7 cm³/mol. The molecule has 1 aromatic carbocycles. The molecule has 0 fully saturated rings. The van der Waals surface area contributed by atoms with E-state index < -0.39 is 0 Å². The van der Waals surface area contributed by atoms with Gasteiger partial charge in [0.25, 0.3) is 5.91 Å². The van der Waals surface area contributed by atoms with Gasteiger partial charge in [-0.2, -0.15) is 5.10 Å². The van der Waals surface area contributed by atoms with Crippen molar-refractivity contribution in [2.24, 2.45) is 0 Å². The lowest BCUT2D eigenvalue weighted by Crippen LogP contribution is -2.17. The molecule has 6 nitrogen and oxygen atoms in total. The minimum atomic E-state index is -0.285. The molecule has 0 radical (unpaired) electrons. The van der Waals surface area contributed by atoms with Crippen LogP contribution < -0.4 is 10.1 Å². The lowest BCUT2D eigenvalue weighted by atomic mass is 10.1. The van der Waals surface area contributed by atoms with E-state index in [9.17, 15) is 4.79 Å². The van der Waals surface area contributed by atoms with Crippen molar-refractivity contribution in [3.8, 4) is 5.75 Å². The van der Waals surface area contributed by atoms with Crippen LogP contribution in [0.25, 0.3) is 11.0 Å². The second-order valence-electron chi connectivity index (χ2n) is 5.79. The number of aromatic nitrogens is 2. The van der Waals surface area contributed by atoms with Gasteiger partial charge in [-0.05, 0) is 38.5 Å². The third-order valence-corrected chi connectivity index (χ3v) is 4.27. The maximum Gasteiger partial charge on any atom is 0.292 e. The molecule has 0 saturated carbocycles. The molecule has 126 valence electrons. The van der Waals surface area contributed by atoms with Gasteiger partial charge in [-0.3, -0.25) is 4.79 Å². The Labute approximate surface area is 140 Å². The number of hydrogen-bond donors (Lipinski definition) is 1. The van der Waals surface area contributed by atoms with E-state index in [2.05, 4.69) is 24.3 Å². The van der Waals surface area contributed by atoms with E-state index in [0.717, 1.165) is 23.1 Å². The van der Waals surface area contributed by atoms with Crippen LogP contribution in [0.2, 0.25) is 0 Å². The average molecular weight is 327 g/mol. The number of rotatable bonds is 5. The molecule has 2 heterocycles. The fourth-order valence-corrected chi connectivity index (χ4v) is 2.65. The topological polar surface area (TPSA) is 69.3 Å². The summed E-state index contributed by atoms with van der Waals surface area (Å²) in [4.78, 5) is 12.6. The largest absolute Gasteiger partial charge is 0.497 e. The van der Waals surface area contributed by atoms with Crippen molar-refractivity contribution < 1.29 is 13.9 Å². The van der Waals surface area contributed by atoms with Crippen LogP contribution in [0.4, 0.5) is 5.82 Å². The lowest BCUT2D eigenvalue weighted by Gasteiger charge is -2.13. The van der Waals surface area contributed by atoms with Gasteiger partial charge in [0, 0.05) is 17.0 Å². The Morgan fingerprint density at radius 3 is 2.92 bits per heavy atom. The number of methoxy groups -OCH3 is 1. The van der Waals surface area contributed by atoms with Crippen molar-refractivity contribution in [1.82, 2.24) is 9.78 Å². The van der Waals surface area contributed by atoms with Crippen LogP contribution in [0.3, 0.4) is 0 Å². The number of anilines is 1. The van der Waals surface area contributed by atoms with Gasteiger partial charge in [-0.1, -0.05) is 6.92 Å². The SMILES string of the molecule is CCC(C)n1nccc1NC(=O)c1oc2ccc(OC)cc2c1C. The summed E-state index contributed by atoms with van der Waals surface area (Å²) in [7, 11) is 1.61. The van der Waals surface area contributed by atoms with E-state index in [1.165, 1.54) is 0 Å². The zero-order valence-electron chi connectivity index (χ0n) is 14.3. The zero-order chi connectivity index (χ0) is 17.3. The molecule has 3 rings (SSSR count). The van der Waals surface area contributed by atoms with Crippen molar-refractivity contribution in [3.05, 3.63) is 41.8 Å². The monoisotopic (exact) mass is 327 g/mol. The fourth-order valence-electron chi connectivity index (χ4n) is 2.65. The molecular weight excluding hydrogens is 306 g/mol. The van der Waals surface area contributed by atoms with Gasteiger partial charge in [0.2, 0.25) is 0 Å². The summed E-state index contributed by atoms with van der Waals surface area (Å²) in [5.74, 6) is 1.41. The van der Waals surface area contributed by atoms with E-state index in [0.29, 0.717) is 17.2 Å². The molecule has 0 bridgehead atoms. The van der Waals surface area contributed by atoms with Crippen LogP contribution in [0.15, 0.2) is 34.9 Å². The van der Waals surface area contributed by atoms with Crippen molar-refractivity contribution in [1.29, 1.82) is 0 Å². The third-order valence-electron chi connectivity index (χ3n) is 4.27. The molecule has 0 saturated heterocycles. The summed E-state index contributed by atoms with van der Waals surface area (Å²) in [5, 5.41) is 8.04. The van der Waals surface area contributed by atoms with Crippen LogP contribution in [0, 0.1) is 6.92 Å². The number of hydrogen-bond acceptors (Lipinski definition) is 4. The molecule has 3 aromatic rings. The Hall–Kier alpha value is -2.76. The molecule has 1 unspecified atom stereocenters. The molecule has 0 aliphatic carbocycles. The highest BCUT2D eigenvalue weighted by Crippen LogP contribution is 2.29. The Morgan fingerprint density at radius 1 is 1.42 bits per heavy atom. The van der Waals surface area contributed by atoms with Crippen LogP contribution in [0.1, 0.15) is 42.4 Å². The van der Waals surface area contributed by atoms with E-state index in [-0.39, 0.29) is 11.9 Å². The normalized spacial score (nSPS) is 12.3. The first-order chi connectivity index (χ1) is 11.5. The van der Waals surface area contributed by atoms with Crippen LogP contribution >= 0.6 is 0 Å². The Bertz CT molecular complexity index is 879. The molecule has 24 heavy (non-hydrogen) atoms. The highest BCUT2D eigenvalue weighted by Gasteiger charge is 2.20. The average Bonchev–Trinajstić information content (AvgIpc) is 3.18. The number of carbonyl (C=O) groups excluding carboxylic acids is 1.